The van der Waals surface area contributed by atoms with E-state index in [2.05, 4.69) is 25.6 Å². The third-order valence-corrected chi connectivity index (χ3v) is 3.89. The van der Waals surface area contributed by atoms with Gasteiger partial charge in [0.15, 0.2) is 11.5 Å². The summed E-state index contributed by atoms with van der Waals surface area (Å²) < 4.78 is 14.5. The third-order valence-electron chi connectivity index (χ3n) is 3.89. The highest BCUT2D eigenvalue weighted by atomic mass is 19.1. The summed E-state index contributed by atoms with van der Waals surface area (Å²) in [7, 11) is 0. The van der Waals surface area contributed by atoms with Gasteiger partial charge < -0.3 is 5.32 Å². The van der Waals surface area contributed by atoms with Crippen molar-refractivity contribution in [3.05, 3.63) is 78.1 Å². The normalized spacial score (nSPS) is 10.7. The van der Waals surface area contributed by atoms with Crippen LogP contribution in [0, 0.1) is 12.7 Å². The van der Waals surface area contributed by atoms with Crippen molar-refractivity contribution in [2.45, 2.75) is 6.92 Å². The van der Waals surface area contributed by atoms with E-state index in [1.807, 2.05) is 19.1 Å². The Labute approximate surface area is 153 Å². The van der Waals surface area contributed by atoms with Crippen LogP contribution in [-0.2, 0) is 0 Å². The van der Waals surface area contributed by atoms with Crippen molar-refractivity contribution in [1.82, 2.24) is 25.0 Å². The predicted molar refractivity (Wildman–Crippen MR) is 98.0 cm³/mol. The minimum Gasteiger partial charge on any atom is -0.321 e. The topological polar surface area (TPSA) is 88.5 Å². The van der Waals surface area contributed by atoms with Gasteiger partial charge in [-0.15, -0.1) is 0 Å². The van der Waals surface area contributed by atoms with Crippen molar-refractivity contribution in [3.8, 4) is 17.1 Å². The van der Waals surface area contributed by atoms with E-state index in [0.717, 1.165) is 5.56 Å². The first-order chi connectivity index (χ1) is 13.1. The summed E-state index contributed by atoms with van der Waals surface area (Å²) in [6.45, 7) is 1.82. The van der Waals surface area contributed by atoms with Crippen LogP contribution in [0.3, 0.4) is 0 Å². The van der Waals surface area contributed by atoms with Crippen molar-refractivity contribution in [2.75, 3.05) is 5.32 Å². The molecular formula is C19H15FN6O. The zero-order valence-electron chi connectivity index (χ0n) is 14.3. The van der Waals surface area contributed by atoms with Crippen LogP contribution in [0.2, 0.25) is 0 Å². The molecule has 1 amide bonds. The third kappa shape index (κ3) is 3.59. The smallest absolute Gasteiger partial charge is 0.276 e. The maximum Gasteiger partial charge on any atom is 0.276 e. The molecule has 4 aromatic rings. The lowest BCUT2D eigenvalue weighted by atomic mass is 10.2. The lowest BCUT2D eigenvalue weighted by Crippen LogP contribution is -2.13. The zero-order valence-corrected chi connectivity index (χ0v) is 14.3. The van der Waals surface area contributed by atoms with Crippen LogP contribution in [0.25, 0.3) is 17.1 Å². The molecule has 0 aliphatic carbocycles. The lowest BCUT2D eigenvalue weighted by Gasteiger charge is -2.05. The van der Waals surface area contributed by atoms with Gasteiger partial charge in [-0.1, -0.05) is 12.1 Å². The van der Waals surface area contributed by atoms with Crippen LogP contribution in [0.5, 0.6) is 0 Å². The lowest BCUT2D eigenvalue weighted by molar-refractivity contribution is 0.102. The molecule has 0 unspecified atom stereocenters. The molecule has 8 heteroatoms. The Balaban J connectivity index is 1.52. The van der Waals surface area contributed by atoms with Gasteiger partial charge in [0, 0.05) is 17.4 Å². The number of anilines is 1. The summed E-state index contributed by atoms with van der Waals surface area (Å²) in [4.78, 5) is 16.8. The van der Waals surface area contributed by atoms with Gasteiger partial charge in [-0.05, 0) is 49.4 Å². The second kappa shape index (κ2) is 6.83. The molecule has 0 aliphatic rings. The first-order valence-corrected chi connectivity index (χ1v) is 8.21. The maximum absolute atomic E-state index is 13.0. The standard InChI is InChI=1S/C19H15FN6O/c1-12-21-18(24-23-12)13-3-2-4-15(11-13)22-19(27)17-9-10-26(25-17)16-7-5-14(20)6-8-16/h2-11H,1H3,(H,22,27)(H,21,23,24). The molecule has 0 bridgehead atoms. The van der Waals surface area contributed by atoms with Crippen molar-refractivity contribution >= 4 is 11.6 Å². The van der Waals surface area contributed by atoms with E-state index in [1.54, 1.807) is 36.5 Å². The summed E-state index contributed by atoms with van der Waals surface area (Å²) in [5, 5.41) is 14.0. The highest BCUT2D eigenvalue weighted by Gasteiger charge is 2.12. The monoisotopic (exact) mass is 362 g/mol. The first-order valence-electron chi connectivity index (χ1n) is 8.21. The predicted octanol–water partition coefficient (Wildman–Crippen LogP) is 3.36. The van der Waals surface area contributed by atoms with Crippen LogP contribution >= 0.6 is 0 Å². The van der Waals surface area contributed by atoms with E-state index in [1.165, 1.54) is 16.8 Å². The summed E-state index contributed by atoms with van der Waals surface area (Å²) in [5.41, 5.74) is 2.31. The summed E-state index contributed by atoms with van der Waals surface area (Å²) in [6.07, 6.45) is 1.65. The number of amides is 1. The second-order valence-electron chi connectivity index (χ2n) is 5.90. The summed E-state index contributed by atoms with van der Waals surface area (Å²) in [6, 6.07) is 14.7. The Morgan fingerprint density at radius 2 is 1.96 bits per heavy atom. The van der Waals surface area contributed by atoms with Crippen molar-refractivity contribution in [1.29, 1.82) is 0 Å². The number of nitrogens with one attached hydrogen (secondary N) is 2. The summed E-state index contributed by atoms with van der Waals surface area (Å²) in [5.74, 6) is 0.597. The van der Waals surface area contributed by atoms with Gasteiger partial charge in [-0.3, -0.25) is 9.89 Å². The average molecular weight is 362 g/mol. The zero-order chi connectivity index (χ0) is 18.8. The molecule has 0 spiro atoms. The molecule has 7 nitrogen and oxygen atoms in total. The molecule has 134 valence electrons. The molecule has 0 saturated heterocycles. The number of carbonyl (C=O) groups is 1. The van der Waals surface area contributed by atoms with Gasteiger partial charge in [-0.2, -0.15) is 10.2 Å². The van der Waals surface area contributed by atoms with E-state index in [-0.39, 0.29) is 17.4 Å². The van der Waals surface area contributed by atoms with E-state index in [9.17, 15) is 9.18 Å². The van der Waals surface area contributed by atoms with Crippen LogP contribution in [0.4, 0.5) is 10.1 Å². The maximum atomic E-state index is 13.0. The molecule has 2 aromatic heterocycles. The largest absolute Gasteiger partial charge is 0.321 e. The number of aromatic amines is 1. The molecule has 0 atom stereocenters. The number of aromatic nitrogens is 5. The molecule has 0 saturated carbocycles. The molecule has 2 heterocycles. The van der Waals surface area contributed by atoms with Crippen molar-refractivity contribution in [3.63, 3.8) is 0 Å². The quantitative estimate of drug-likeness (QED) is 0.583. The SMILES string of the molecule is Cc1nc(-c2cccc(NC(=O)c3ccn(-c4ccc(F)cc4)n3)c2)n[nH]1. The van der Waals surface area contributed by atoms with E-state index < -0.39 is 0 Å². The van der Waals surface area contributed by atoms with Gasteiger partial charge in [0.05, 0.1) is 5.69 Å². The minimum atomic E-state index is -0.348. The number of hydrogen-bond donors (Lipinski definition) is 2. The van der Waals surface area contributed by atoms with E-state index in [0.29, 0.717) is 23.0 Å². The molecule has 0 radical (unpaired) electrons. The Kier molecular flexibility index (Phi) is 4.21. The van der Waals surface area contributed by atoms with Crippen molar-refractivity contribution < 1.29 is 9.18 Å². The van der Waals surface area contributed by atoms with Crippen LogP contribution < -0.4 is 5.32 Å². The Morgan fingerprint density at radius 1 is 1.15 bits per heavy atom. The van der Waals surface area contributed by atoms with E-state index >= 15 is 0 Å². The highest BCUT2D eigenvalue weighted by molar-refractivity contribution is 6.03. The van der Waals surface area contributed by atoms with Crippen LogP contribution in [0.1, 0.15) is 16.3 Å². The number of rotatable bonds is 4. The second-order valence-corrected chi connectivity index (χ2v) is 5.90. The fourth-order valence-corrected chi connectivity index (χ4v) is 2.59. The van der Waals surface area contributed by atoms with Gasteiger partial charge in [0.1, 0.15) is 11.6 Å². The number of hydrogen-bond acceptors (Lipinski definition) is 4. The molecule has 2 aromatic carbocycles. The number of aryl methyl sites for hydroxylation is 1. The van der Waals surface area contributed by atoms with Gasteiger partial charge in [-0.25, -0.2) is 14.1 Å². The van der Waals surface area contributed by atoms with Gasteiger partial charge in [0.2, 0.25) is 0 Å². The molecule has 27 heavy (non-hydrogen) atoms. The molecule has 0 fully saturated rings. The fraction of sp³-hybridized carbons (Fsp3) is 0.0526. The first kappa shape index (κ1) is 16.6. The van der Waals surface area contributed by atoms with Crippen LogP contribution in [-0.4, -0.2) is 30.9 Å². The number of nitrogens with zero attached hydrogens (tertiary/aromatic N) is 4. The fourth-order valence-electron chi connectivity index (χ4n) is 2.59. The van der Waals surface area contributed by atoms with Crippen molar-refractivity contribution in [2.24, 2.45) is 0 Å². The molecular weight excluding hydrogens is 347 g/mol. The Bertz CT molecular complexity index is 1100. The average Bonchev–Trinajstić information content (AvgIpc) is 3.32. The van der Waals surface area contributed by atoms with Gasteiger partial charge in [0.25, 0.3) is 5.91 Å². The highest BCUT2D eigenvalue weighted by Crippen LogP contribution is 2.20. The molecule has 4 rings (SSSR count). The number of H-pyrrole nitrogens is 1. The number of carbonyl (C=O) groups excluding carboxylic acids is 1. The molecule has 0 aliphatic heterocycles. The number of benzene rings is 2. The van der Waals surface area contributed by atoms with Gasteiger partial charge >= 0.3 is 0 Å². The Morgan fingerprint density at radius 3 is 2.70 bits per heavy atom. The minimum absolute atomic E-state index is 0.249. The van der Waals surface area contributed by atoms with E-state index in [4.69, 9.17) is 0 Å². The summed E-state index contributed by atoms with van der Waals surface area (Å²) >= 11 is 0. The number of halogens is 1. The Hall–Kier alpha value is -3.81. The van der Waals surface area contributed by atoms with Crippen LogP contribution in [0.15, 0.2) is 60.8 Å². The molecule has 2 N–H and O–H groups in total.